The number of fused-ring (bicyclic) bond motifs is 1. The molecule has 0 spiro atoms. The highest BCUT2D eigenvalue weighted by molar-refractivity contribution is 5.83. The Balaban J connectivity index is 1.65. The molecule has 0 radical (unpaired) electrons. The topological polar surface area (TPSA) is 64.3 Å². The maximum atomic E-state index is 12.4. The number of aryl methyl sites for hydroxylation is 2. The highest BCUT2D eigenvalue weighted by Gasteiger charge is 2.33. The van der Waals surface area contributed by atoms with Crippen LogP contribution in [0.15, 0.2) is 12.1 Å². The second-order valence-electron chi connectivity index (χ2n) is 6.40. The van der Waals surface area contributed by atoms with Gasteiger partial charge in [0.25, 0.3) is 5.91 Å². The number of ether oxygens (including phenoxy) is 1. The molecule has 1 saturated carbocycles. The number of benzene rings is 1. The summed E-state index contributed by atoms with van der Waals surface area (Å²) in [5.74, 6) is 1.29. The van der Waals surface area contributed by atoms with Gasteiger partial charge in [-0.15, -0.1) is 0 Å². The van der Waals surface area contributed by atoms with Gasteiger partial charge in [0.1, 0.15) is 5.75 Å². The molecule has 0 aromatic heterocycles. The number of hydrogen-bond donors (Lipinski definition) is 2. The molecule has 3 atom stereocenters. The third kappa shape index (κ3) is 2.77. The van der Waals surface area contributed by atoms with E-state index in [0.29, 0.717) is 18.9 Å². The standard InChI is InChI=1S/C17H24N2O2/c1-10-6-13-8-16(21-15(13)7-11(10)2)17(20)19-14-5-3-4-12(14)9-18/h6-7,12,14,16H,3-5,8-9,18H2,1-2H3,(H,19,20). The summed E-state index contributed by atoms with van der Waals surface area (Å²) in [6.45, 7) is 4.80. The van der Waals surface area contributed by atoms with E-state index < -0.39 is 0 Å². The second kappa shape index (κ2) is 5.68. The fourth-order valence-electron chi connectivity index (χ4n) is 3.44. The molecular weight excluding hydrogens is 264 g/mol. The van der Waals surface area contributed by atoms with Crippen LogP contribution in [0.3, 0.4) is 0 Å². The van der Waals surface area contributed by atoms with Crippen LogP contribution in [0.5, 0.6) is 5.75 Å². The van der Waals surface area contributed by atoms with Gasteiger partial charge < -0.3 is 15.8 Å². The lowest BCUT2D eigenvalue weighted by Crippen LogP contribution is -2.46. The first kappa shape index (κ1) is 14.4. The summed E-state index contributed by atoms with van der Waals surface area (Å²) in [4.78, 5) is 12.4. The van der Waals surface area contributed by atoms with E-state index in [-0.39, 0.29) is 18.1 Å². The molecule has 21 heavy (non-hydrogen) atoms. The molecule has 0 saturated heterocycles. The molecule has 114 valence electrons. The van der Waals surface area contributed by atoms with E-state index in [0.717, 1.165) is 30.6 Å². The van der Waals surface area contributed by atoms with Gasteiger partial charge in [-0.2, -0.15) is 0 Å². The molecule has 1 amide bonds. The molecule has 4 nitrogen and oxygen atoms in total. The van der Waals surface area contributed by atoms with Crippen LogP contribution < -0.4 is 15.8 Å². The molecule has 1 aromatic rings. The number of hydrogen-bond acceptors (Lipinski definition) is 3. The highest BCUT2D eigenvalue weighted by Crippen LogP contribution is 2.32. The predicted octanol–water partition coefficient (Wildman–Crippen LogP) is 1.85. The number of amides is 1. The van der Waals surface area contributed by atoms with Crippen molar-refractivity contribution in [2.45, 2.75) is 51.7 Å². The third-order valence-electron chi connectivity index (χ3n) is 4.93. The minimum Gasteiger partial charge on any atom is -0.480 e. The van der Waals surface area contributed by atoms with E-state index in [9.17, 15) is 4.79 Å². The van der Waals surface area contributed by atoms with Crippen molar-refractivity contribution in [2.75, 3.05) is 6.54 Å². The Kier molecular flexibility index (Phi) is 3.89. The fourth-order valence-corrected chi connectivity index (χ4v) is 3.44. The zero-order valence-electron chi connectivity index (χ0n) is 12.8. The largest absolute Gasteiger partial charge is 0.480 e. The van der Waals surface area contributed by atoms with Gasteiger partial charge in [0, 0.05) is 12.5 Å². The molecule has 1 aliphatic carbocycles. The van der Waals surface area contributed by atoms with E-state index >= 15 is 0 Å². The molecule has 4 heteroatoms. The van der Waals surface area contributed by atoms with Gasteiger partial charge in [0.2, 0.25) is 0 Å². The summed E-state index contributed by atoms with van der Waals surface area (Å²) in [5, 5.41) is 3.14. The molecular formula is C17H24N2O2. The van der Waals surface area contributed by atoms with Crippen molar-refractivity contribution in [1.82, 2.24) is 5.32 Å². The van der Waals surface area contributed by atoms with Crippen LogP contribution in [0.4, 0.5) is 0 Å². The van der Waals surface area contributed by atoms with Gasteiger partial charge in [0.05, 0.1) is 0 Å². The number of nitrogens with two attached hydrogens (primary N) is 1. The Morgan fingerprint density at radius 2 is 2.10 bits per heavy atom. The average molecular weight is 288 g/mol. The Morgan fingerprint density at radius 1 is 1.33 bits per heavy atom. The zero-order valence-corrected chi connectivity index (χ0v) is 12.8. The minimum atomic E-state index is -0.389. The first-order valence-electron chi connectivity index (χ1n) is 7.85. The van der Waals surface area contributed by atoms with Gasteiger partial charge in [-0.3, -0.25) is 4.79 Å². The van der Waals surface area contributed by atoms with Gasteiger partial charge >= 0.3 is 0 Å². The number of rotatable bonds is 3. The van der Waals surface area contributed by atoms with E-state index in [4.69, 9.17) is 10.5 Å². The van der Waals surface area contributed by atoms with Gasteiger partial charge in [-0.1, -0.05) is 12.5 Å². The first-order chi connectivity index (χ1) is 10.1. The lowest BCUT2D eigenvalue weighted by molar-refractivity contribution is -0.128. The van der Waals surface area contributed by atoms with Crippen LogP contribution in [-0.4, -0.2) is 24.6 Å². The normalized spacial score (nSPS) is 27.3. The van der Waals surface area contributed by atoms with Crippen molar-refractivity contribution >= 4 is 5.91 Å². The minimum absolute atomic E-state index is 0.00635. The molecule has 2 aliphatic rings. The molecule has 1 fully saturated rings. The number of carbonyl (C=O) groups excluding carboxylic acids is 1. The lowest BCUT2D eigenvalue weighted by Gasteiger charge is -2.21. The molecule has 3 N–H and O–H groups in total. The highest BCUT2D eigenvalue weighted by atomic mass is 16.5. The van der Waals surface area contributed by atoms with Crippen LogP contribution in [-0.2, 0) is 11.2 Å². The third-order valence-corrected chi connectivity index (χ3v) is 4.93. The monoisotopic (exact) mass is 288 g/mol. The van der Waals surface area contributed by atoms with Crippen molar-refractivity contribution in [3.8, 4) is 5.75 Å². The van der Waals surface area contributed by atoms with E-state index in [2.05, 4.69) is 25.2 Å². The molecule has 1 aromatic carbocycles. The van der Waals surface area contributed by atoms with E-state index in [1.165, 1.54) is 11.1 Å². The SMILES string of the molecule is Cc1cc2c(cc1C)OC(C(=O)NC1CCCC1CN)C2. The average Bonchev–Trinajstić information content (AvgIpc) is 3.05. The molecule has 3 rings (SSSR count). The van der Waals surface area contributed by atoms with Crippen molar-refractivity contribution in [3.05, 3.63) is 28.8 Å². The number of nitrogens with one attached hydrogen (secondary N) is 1. The maximum absolute atomic E-state index is 12.4. The quantitative estimate of drug-likeness (QED) is 0.892. The summed E-state index contributed by atoms with van der Waals surface area (Å²) < 4.78 is 5.84. The summed E-state index contributed by atoms with van der Waals surface area (Å²) >= 11 is 0. The van der Waals surface area contributed by atoms with Crippen molar-refractivity contribution in [2.24, 2.45) is 11.7 Å². The Morgan fingerprint density at radius 3 is 2.86 bits per heavy atom. The van der Waals surface area contributed by atoms with Crippen LogP contribution in [0.25, 0.3) is 0 Å². The first-order valence-corrected chi connectivity index (χ1v) is 7.85. The van der Waals surface area contributed by atoms with Crippen LogP contribution in [0, 0.1) is 19.8 Å². The molecule has 1 aliphatic heterocycles. The van der Waals surface area contributed by atoms with Crippen molar-refractivity contribution in [1.29, 1.82) is 0 Å². The smallest absolute Gasteiger partial charge is 0.261 e. The van der Waals surface area contributed by atoms with Gasteiger partial charge in [0.15, 0.2) is 6.10 Å². The van der Waals surface area contributed by atoms with E-state index in [1.54, 1.807) is 0 Å². The van der Waals surface area contributed by atoms with Gasteiger partial charge in [-0.25, -0.2) is 0 Å². The molecule has 3 unspecified atom stereocenters. The number of carbonyl (C=O) groups is 1. The molecule has 1 heterocycles. The summed E-state index contributed by atoms with van der Waals surface area (Å²) in [5.41, 5.74) is 9.36. The summed E-state index contributed by atoms with van der Waals surface area (Å²) in [7, 11) is 0. The Labute approximate surface area is 126 Å². The molecule has 0 bridgehead atoms. The zero-order chi connectivity index (χ0) is 15.0. The predicted molar refractivity (Wildman–Crippen MR) is 82.4 cm³/mol. The van der Waals surface area contributed by atoms with Crippen LogP contribution >= 0.6 is 0 Å². The Hall–Kier alpha value is -1.55. The lowest BCUT2D eigenvalue weighted by atomic mass is 10.0. The van der Waals surface area contributed by atoms with Crippen molar-refractivity contribution in [3.63, 3.8) is 0 Å². The van der Waals surface area contributed by atoms with Gasteiger partial charge in [-0.05, 0) is 61.9 Å². The van der Waals surface area contributed by atoms with Crippen molar-refractivity contribution < 1.29 is 9.53 Å². The van der Waals surface area contributed by atoms with Crippen LogP contribution in [0.2, 0.25) is 0 Å². The summed E-state index contributed by atoms with van der Waals surface area (Å²) in [6.07, 6.45) is 3.58. The second-order valence-corrected chi connectivity index (χ2v) is 6.40. The van der Waals surface area contributed by atoms with Crippen LogP contribution in [0.1, 0.15) is 36.0 Å². The summed E-state index contributed by atoms with van der Waals surface area (Å²) in [6, 6.07) is 4.39. The maximum Gasteiger partial charge on any atom is 0.261 e. The Bertz CT molecular complexity index is 525. The van der Waals surface area contributed by atoms with E-state index in [1.807, 2.05) is 6.07 Å². The fraction of sp³-hybridized carbons (Fsp3) is 0.588.